The van der Waals surface area contributed by atoms with E-state index in [4.69, 9.17) is 4.74 Å². The van der Waals surface area contributed by atoms with Gasteiger partial charge in [-0.2, -0.15) is 0 Å². The Balaban J connectivity index is 1.50. The van der Waals surface area contributed by atoms with Gasteiger partial charge in [0.15, 0.2) is 5.76 Å². The van der Waals surface area contributed by atoms with Crippen molar-refractivity contribution in [3.63, 3.8) is 0 Å². The number of amides is 2. The van der Waals surface area contributed by atoms with E-state index in [1.54, 1.807) is 11.0 Å². The van der Waals surface area contributed by atoms with E-state index in [2.05, 4.69) is 28.2 Å². The Bertz CT molecular complexity index is 816. The van der Waals surface area contributed by atoms with Crippen LogP contribution in [-0.4, -0.2) is 41.4 Å². The van der Waals surface area contributed by atoms with E-state index in [0.29, 0.717) is 5.76 Å². The number of ether oxygens (including phenoxy) is 1. The average molecular weight is 475 g/mol. The van der Waals surface area contributed by atoms with Gasteiger partial charge in [-0.05, 0) is 68.6 Å². The van der Waals surface area contributed by atoms with Crippen molar-refractivity contribution in [3.8, 4) is 0 Å². The molecule has 6 heteroatoms. The highest BCUT2D eigenvalue weighted by Gasteiger charge is 2.42. The molecule has 1 aromatic rings. The number of hydrogen-bond acceptors (Lipinski definition) is 3. The summed E-state index contributed by atoms with van der Waals surface area (Å²) in [5.41, 5.74) is 0.899. The van der Waals surface area contributed by atoms with Gasteiger partial charge in [0.2, 0.25) is 5.91 Å². The quantitative estimate of drug-likeness (QED) is 0.645. The second-order valence-electron chi connectivity index (χ2n) is 9.00. The molecular weight excluding hydrogens is 444 g/mol. The van der Waals surface area contributed by atoms with Crippen LogP contribution in [0.5, 0.6) is 0 Å². The second kappa shape index (κ2) is 9.54. The molecule has 4 rings (SSSR count). The molecule has 30 heavy (non-hydrogen) atoms. The fourth-order valence-corrected chi connectivity index (χ4v) is 5.33. The van der Waals surface area contributed by atoms with Gasteiger partial charge in [0.1, 0.15) is 12.6 Å². The molecule has 1 aliphatic heterocycles. The number of carbonyl (C=O) groups excluding carboxylic acids is 2. The Hall–Kier alpha value is -1.82. The first kappa shape index (κ1) is 21.4. The molecular formula is C24H31BrN2O3. The second-order valence-corrected chi connectivity index (χ2v) is 9.85. The summed E-state index contributed by atoms with van der Waals surface area (Å²) < 4.78 is 7.06. The van der Waals surface area contributed by atoms with Gasteiger partial charge in [-0.25, -0.2) is 0 Å². The zero-order valence-electron chi connectivity index (χ0n) is 17.6. The van der Waals surface area contributed by atoms with Crippen LogP contribution in [0.25, 0.3) is 6.08 Å². The van der Waals surface area contributed by atoms with Crippen LogP contribution in [0.2, 0.25) is 0 Å². The topological polar surface area (TPSA) is 58.6 Å². The summed E-state index contributed by atoms with van der Waals surface area (Å²) in [6.45, 7) is 2.38. The molecule has 162 valence electrons. The number of morpholine rings is 1. The molecule has 2 amide bonds. The van der Waals surface area contributed by atoms with Crippen LogP contribution in [0.1, 0.15) is 63.9 Å². The molecule has 5 nitrogen and oxygen atoms in total. The smallest absolute Gasteiger partial charge is 0.289 e. The fraction of sp³-hybridized carbons (Fsp3) is 0.583. The molecule has 0 bridgehead atoms. The molecule has 1 saturated heterocycles. The highest BCUT2D eigenvalue weighted by Crippen LogP contribution is 2.34. The van der Waals surface area contributed by atoms with Crippen LogP contribution < -0.4 is 5.32 Å². The third-order valence-electron chi connectivity index (χ3n) is 6.70. The molecule has 1 N–H and O–H groups in total. The summed E-state index contributed by atoms with van der Waals surface area (Å²) in [7, 11) is 0. The van der Waals surface area contributed by atoms with Crippen molar-refractivity contribution in [2.75, 3.05) is 6.54 Å². The number of rotatable bonds is 4. The zero-order chi connectivity index (χ0) is 21.1. The zero-order valence-corrected chi connectivity index (χ0v) is 19.2. The molecule has 2 unspecified atom stereocenters. The van der Waals surface area contributed by atoms with Gasteiger partial charge in [0.05, 0.1) is 6.04 Å². The lowest BCUT2D eigenvalue weighted by Crippen LogP contribution is -2.57. The largest absolute Gasteiger partial charge is 0.482 e. The van der Waals surface area contributed by atoms with E-state index in [0.717, 1.165) is 67.3 Å². The molecule has 0 aromatic heterocycles. The first-order valence-corrected chi connectivity index (χ1v) is 12.0. The number of nitrogens with zero attached hydrogens (tertiary/aromatic N) is 1. The van der Waals surface area contributed by atoms with E-state index in [9.17, 15) is 9.59 Å². The number of hydrogen-bond donors (Lipinski definition) is 1. The lowest BCUT2D eigenvalue weighted by Gasteiger charge is -2.44. The standard InChI is InChI=1S/C24H31BrN2O3/c1-16-10-12-18(13-11-16)26-23(28)15-27-20-8-4-5-9-21(20)30-22(24(27)29)14-17-6-2-3-7-19(17)25/h2-3,6-7,14,16,18,20-21H,4-5,8-13,15H2,1H3,(H,26,28)/b22-14+. The van der Waals surface area contributed by atoms with Gasteiger partial charge >= 0.3 is 0 Å². The van der Waals surface area contributed by atoms with E-state index in [1.807, 2.05) is 24.3 Å². The van der Waals surface area contributed by atoms with Crippen molar-refractivity contribution >= 4 is 33.8 Å². The predicted molar refractivity (Wildman–Crippen MR) is 121 cm³/mol. The maximum absolute atomic E-state index is 13.3. The van der Waals surface area contributed by atoms with Crippen LogP contribution in [0, 0.1) is 5.92 Å². The Kier molecular flexibility index (Phi) is 6.81. The summed E-state index contributed by atoms with van der Waals surface area (Å²) in [6, 6.07) is 7.99. The SMILES string of the molecule is CC1CCC(NC(=O)CN2C(=O)/C(=C\c3ccccc3Br)OC3CCCCC32)CC1. The Morgan fingerprint density at radius 2 is 1.90 bits per heavy atom. The van der Waals surface area contributed by atoms with Crippen molar-refractivity contribution in [1.82, 2.24) is 10.2 Å². The highest BCUT2D eigenvalue weighted by molar-refractivity contribution is 9.10. The molecule has 1 aromatic carbocycles. The fourth-order valence-electron chi connectivity index (χ4n) is 4.93. The summed E-state index contributed by atoms with van der Waals surface area (Å²) in [6.07, 6.45) is 10.1. The van der Waals surface area contributed by atoms with E-state index in [1.165, 1.54) is 0 Å². The van der Waals surface area contributed by atoms with Crippen LogP contribution in [0.4, 0.5) is 0 Å². The molecule has 2 aliphatic carbocycles. The van der Waals surface area contributed by atoms with Crippen molar-refractivity contribution in [1.29, 1.82) is 0 Å². The van der Waals surface area contributed by atoms with Crippen molar-refractivity contribution in [2.45, 2.75) is 76.5 Å². The van der Waals surface area contributed by atoms with Crippen molar-refractivity contribution in [3.05, 3.63) is 40.1 Å². The van der Waals surface area contributed by atoms with Gasteiger partial charge in [0.25, 0.3) is 5.91 Å². The molecule has 2 atom stereocenters. The molecule has 1 heterocycles. The van der Waals surface area contributed by atoms with E-state index >= 15 is 0 Å². The molecule has 2 saturated carbocycles. The lowest BCUT2D eigenvalue weighted by atomic mass is 9.87. The minimum absolute atomic E-state index is 0.0141. The normalized spacial score (nSPS) is 30.5. The number of benzene rings is 1. The van der Waals surface area contributed by atoms with Gasteiger partial charge in [-0.15, -0.1) is 0 Å². The van der Waals surface area contributed by atoms with Gasteiger partial charge < -0.3 is 15.0 Å². The Morgan fingerprint density at radius 1 is 1.17 bits per heavy atom. The van der Waals surface area contributed by atoms with E-state index < -0.39 is 0 Å². The molecule has 3 fully saturated rings. The highest BCUT2D eigenvalue weighted by atomic mass is 79.9. The first-order chi connectivity index (χ1) is 14.5. The van der Waals surface area contributed by atoms with Crippen LogP contribution in [0.3, 0.4) is 0 Å². The number of halogens is 1. The van der Waals surface area contributed by atoms with Gasteiger partial charge in [-0.1, -0.05) is 47.5 Å². The van der Waals surface area contributed by atoms with Crippen LogP contribution in [-0.2, 0) is 14.3 Å². The average Bonchev–Trinajstić information content (AvgIpc) is 2.74. The summed E-state index contributed by atoms with van der Waals surface area (Å²) in [5, 5.41) is 3.18. The third-order valence-corrected chi connectivity index (χ3v) is 7.43. The van der Waals surface area contributed by atoms with Gasteiger partial charge in [-0.3, -0.25) is 9.59 Å². The molecule has 0 spiro atoms. The van der Waals surface area contributed by atoms with Crippen LogP contribution >= 0.6 is 15.9 Å². The Morgan fingerprint density at radius 3 is 2.67 bits per heavy atom. The number of nitrogens with one attached hydrogen (secondary N) is 1. The predicted octanol–water partition coefficient (Wildman–Crippen LogP) is 4.65. The lowest BCUT2D eigenvalue weighted by molar-refractivity contribution is -0.152. The summed E-state index contributed by atoms with van der Waals surface area (Å²) in [4.78, 5) is 27.9. The maximum Gasteiger partial charge on any atom is 0.289 e. The minimum atomic E-state index is -0.179. The maximum atomic E-state index is 13.3. The Labute approximate surface area is 187 Å². The van der Waals surface area contributed by atoms with Gasteiger partial charge in [0, 0.05) is 10.5 Å². The molecule has 3 aliphatic rings. The molecule has 0 radical (unpaired) electrons. The summed E-state index contributed by atoms with van der Waals surface area (Å²) in [5.74, 6) is 0.854. The van der Waals surface area contributed by atoms with Crippen molar-refractivity contribution in [2.24, 2.45) is 5.92 Å². The van der Waals surface area contributed by atoms with E-state index in [-0.39, 0.29) is 36.5 Å². The number of carbonyl (C=O) groups is 2. The minimum Gasteiger partial charge on any atom is -0.482 e. The van der Waals surface area contributed by atoms with Crippen LogP contribution in [0.15, 0.2) is 34.5 Å². The number of fused-ring (bicyclic) bond motifs is 1. The first-order valence-electron chi connectivity index (χ1n) is 11.2. The van der Waals surface area contributed by atoms with Crippen molar-refractivity contribution < 1.29 is 14.3 Å². The summed E-state index contributed by atoms with van der Waals surface area (Å²) >= 11 is 3.54. The third kappa shape index (κ3) is 4.90. The monoisotopic (exact) mass is 474 g/mol.